The summed E-state index contributed by atoms with van der Waals surface area (Å²) < 4.78 is 0. The third kappa shape index (κ3) is 4.53. The number of hydrogen-bond donors (Lipinski definition) is 0. The zero-order chi connectivity index (χ0) is 33.8. The molecule has 1 atom stereocenters. The summed E-state index contributed by atoms with van der Waals surface area (Å²) in [4.78, 5) is 0. The molecule has 51 heavy (non-hydrogen) atoms. The minimum Gasteiger partial charge on any atom is -0.0622 e. The molecule has 0 saturated carbocycles. The van der Waals surface area contributed by atoms with Crippen LogP contribution in [0.3, 0.4) is 0 Å². The van der Waals surface area contributed by atoms with Crippen LogP contribution in [0, 0.1) is 0 Å². The largest absolute Gasteiger partial charge is 0.0701 e. The smallest absolute Gasteiger partial charge is 0.0622 e. The summed E-state index contributed by atoms with van der Waals surface area (Å²) in [7, 11) is 0. The Morgan fingerprint density at radius 3 is 1.12 bits per heavy atom. The lowest BCUT2D eigenvalue weighted by Crippen LogP contribution is -2.31. The fraction of sp³-hybridized carbons (Fsp3) is 0.0588. The molecule has 0 bridgehead atoms. The Balaban J connectivity index is 1.16. The van der Waals surface area contributed by atoms with Crippen LogP contribution in [0.1, 0.15) is 67.5 Å². The zero-order valence-electron chi connectivity index (χ0n) is 28.3. The normalized spacial score (nSPS) is 14.4. The van der Waals surface area contributed by atoms with Crippen LogP contribution in [-0.2, 0) is 5.41 Å². The molecule has 10 rings (SSSR count). The van der Waals surface area contributed by atoms with E-state index in [2.05, 4.69) is 206 Å². The average molecular weight is 649 g/mol. The molecule has 0 saturated heterocycles. The van der Waals surface area contributed by atoms with Crippen molar-refractivity contribution in [2.45, 2.75) is 17.3 Å². The van der Waals surface area contributed by atoms with Gasteiger partial charge in [-0.3, -0.25) is 0 Å². The van der Waals surface area contributed by atoms with Gasteiger partial charge in [0.1, 0.15) is 0 Å². The predicted molar refractivity (Wildman–Crippen MR) is 210 cm³/mol. The van der Waals surface area contributed by atoms with E-state index in [9.17, 15) is 0 Å². The van der Waals surface area contributed by atoms with Crippen molar-refractivity contribution in [1.82, 2.24) is 0 Å². The van der Waals surface area contributed by atoms with Crippen LogP contribution in [0.15, 0.2) is 206 Å². The number of hydrogen-bond acceptors (Lipinski definition) is 0. The molecule has 0 nitrogen and oxygen atoms in total. The van der Waals surface area contributed by atoms with Crippen molar-refractivity contribution in [3.63, 3.8) is 0 Å². The second kappa shape index (κ2) is 12.0. The fourth-order valence-electron chi connectivity index (χ4n) is 9.29. The van der Waals surface area contributed by atoms with E-state index >= 15 is 0 Å². The van der Waals surface area contributed by atoms with Gasteiger partial charge in [-0.05, 0) is 84.0 Å². The first-order valence-corrected chi connectivity index (χ1v) is 18.0. The van der Waals surface area contributed by atoms with Gasteiger partial charge in [-0.2, -0.15) is 0 Å². The third-order valence-corrected chi connectivity index (χ3v) is 11.4. The van der Waals surface area contributed by atoms with Crippen molar-refractivity contribution < 1.29 is 0 Å². The average Bonchev–Trinajstić information content (AvgIpc) is 3.72. The van der Waals surface area contributed by atoms with E-state index in [1.54, 1.807) is 0 Å². The van der Waals surface area contributed by atoms with Gasteiger partial charge in [0.05, 0.1) is 5.41 Å². The van der Waals surface area contributed by atoms with Crippen LogP contribution in [0.4, 0.5) is 0 Å². The molecule has 8 aromatic carbocycles. The highest BCUT2D eigenvalue weighted by atomic mass is 14.4. The van der Waals surface area contributed by atoms with Crippen molar-refractivity contribution in [3.05, 3.63) is 262 Å². The van der Waals surface area contributed by atoms with E-state index in [1.807, 2.05) is 0 Å². The second-order valence-electron chi connectivity index (χ2n) is 13.9. The quantitative estimate of drug-likeness (QED) is 0.157. The van der Waals surface area contributed by atoms with Crippen molar-refractivity contribution in [2.24, 2.45) is 0 Å². The van der Waals surface area contributed by atoms with Gasteiger partial charge in [0.15, 0.2) is 0 Å². The summed E-state index contributed by atoms with van der Waals surface area (Å²) in [5.74, 6) is 0.355. The summed E-state index contributed by atoms with van der Waals surface area (Å²) in [6.45, 7) is 0. The van der Waals surface area contributed by atoms with E-state index < -0.39 is 5.41 Å². The Bertz CT molecular complexity index is 2380. The molecular formula is C51H36. The lowest BCUT2D eigenvalue weighted by Gasteiger charge is -2.37. The number of fused-ring (bicyclic) bond motifs is 6. The second-order valence-corrected chi connectivity index (χ2v) is 13.9. The van der Waals surface area contributed by atoms with Crippen LogP contribution < -0.4 is 0 Å². The molecule has 0 fully saturated rings. The van der Waals surface area contributed by atoms with E-state index in [-0.39, 0.29) is 11.8 Å². The van der Waals surface area contributed by atoms with E-state index in [0.29, 0.717) is 0 Å². The number of rotatable bonds is 6. The van der Waals surface area contributed by atoms with E-state index in [4.69, 9.17) is 0 Å². The maximum Gasteiger partial charge on any atom is 0.0701 e. The Kier molecular flexibility index (Phi) is 6.96. The Morgan fingerprint density at radius 1 is 0.255 bits per heavy atom. The van der Waals surface area contributed by atoms with Crippen LogP contribution >= 0.6 is 0 Å². The van der Waals surface area contributed by atoms with Crippen LogP contribution in [-0.4, -0.2) is 0 Å². The molecule has 0 spiro atoms. The molecular weight excluding hydrogens is 613 g/mol. The maximum atomic E-state index is 2.49. The molecule has 2 aliphatic carbocycles. The van der Waals surface area contributed by atoms with Gasteiger partial charge >= 0.3 is 0 Å². The van der Waals surface area contributed by atoms with Gasteiger partial charge in [-0.25, -0.2) is 0 Å². The summed E-state index contributed by atoms with van der Waals surface area (Å²) in [5.41, 5.74) is 18.2. The molecule has 0 aliphatic heterocycles. The lowest BCUT2D eigenvalue weighted by molar-refractivity contribution is 0.742. The van der Waals surface area contributed by atoms with Gasteiger partial charge in [0, 0.05) is 11.8 Å². The molecule has 0 N–H and O–H groups in total. The van der Waals surface area contributed by atoms with Gasteiger partial charge in [0.25, 0.3) is 0 Å². The van der Waals surface area contributed by atoms with Crippen LogP contribution in [0.2, 0.25) is 0 Å². The first-order valence-electron chi connectivity index (χ1n) is 18.0. The molecule has 0 heterocycles. The van der Waals surface area contributed by atoms with Gasteiger partial charge in [0.2, 0.25) is 0 Å². The van der Waals surface area contributed by atoms with Crippen LogP contribution in [0.5, 0.6) is 0 Å². The summed E-state index contributed by atoms with van der Waals surface area (Å²) in [6, 6.07) is 76.7. The highest BCUT2D eigenvalue weighted by Crippen LogP contribution is 2.53. The van der Waals surface area contributed by atoms with Crippen LogP contribution in [0.25, 0.3) is 22.3 Å². The Hall–Kier alpha value is -6.24. The predicted octanol–water partition coefficient (Wildman–Crippen LogP) is 12.4. The minimum absolute atomic E-state index is 0.133. The van der Waals surface area contributed by atoms with Gasteiger partial charge < -0.3 is 0 Å². The molecule has 2 aliphatic rings. The molecule has 0 radical (unpaired) electrons. The number of benzene rings is 8. The molecule has 0 amide bonds. The molecule has 0 aromatic heterocycles. The summed E-state index contributed by atoms with van der Waals surface area (Å²) in [5, 5.41) is 0. The van der Waals surface area contributed by atoms with Crippen molar-refractivity contribution in [2.75, 3.05) is 0 Å². The first-order chi connectivity index (χ1) is 25.3. The minimum atomic E-state index is -0.492. The molecule has 240 valence electrons. The monoisotopic (exact) mass is 648 g/mol. The summed E-state index contributed by atoms with van der Waals surface area (Å²) >= 11 is 0. The van der Waals surface area contributed by atoms with Gasteiger partial charge in [-0.1, -0.05) is 200 Å². The van der Waals surface area contributed by atoms with Gasteiger partial charge in [-0.15, -0.1) is 0 Å². The topological polar surface area (TPSA) is 0 Å². The highest BCUT2D eigenvalue weighted by molar-refractivity contribution is 5.84. The Morgan fingerprint density at radius 2 is 0.627 bits per heavy atom. The van der Waals surface area contributed by atoms with Crippen molar-refractivity contribution in [1.29, 1.82) is 0 Å². The third-order valence-electron chi connectivity index (χ3n) is 11.4. The lowest BCUT2D eigenvalue weighted by atomic mass is 9.64. The standard InChI is InChI=1S/C51H36/c1-4-18-37(19-5-1)51(38-20-6-2-7-21-38,39-22-8-3-9-23-39)40-24-16-17-35(33-40)49-46-30-15-12-27-43(46)48-34-36(31-32-47(48)49)50-44-28-13-10-25-41(44)42-26-11-14-29-45(42)50/h1-34,49-50H. The zero-order valence-corrected chi connectivity index (χ0v) is 28.3. The SMILES string of the molecule is c1ccc(C(c2ccccc2)(c2ccccc2)c2cccc(C3c4ccccc4-c4cc(C5c6ccccc6-c6ccccc65)ccc43)c2)cc1. The first kappa shape index (κ1) is 29.7. The van der Waals surface area contributed by atoms with E-state index in [0.717, 1.165) is 0 Å². The van der Waals surface area contributed by atoms with E-state index in [1.165, 1.54) is 77.9 Å². The maximum absolute atomic E-state index is 2.49. The molecule has 0 heteroatoms. The molecule has 8 aromatic rings. The van der Waals surface area contributed by atoms with Crippen molar-refractivity contribution >= 4 is 0 Å². The van der Waals surface area contributed by atoms with Crippen molar-refractivity contribution in [3.8, 4) is 22.3 Å². The fourth-order valence-corrected chi connectivity index (χ4v) is 9.29. The summed E-state index contributed by atoms with van der Waals surface area (Å²) in [6.07, 6.45) is 0. The highest BCUT2D eigenvalue weighted by Gasteiger charge is 2.40. The Labute approximate surface area is 300 Å². The molecule has 1 unspecified atom stereocenters.